The Labute approximate surface area is 118 Å². The lowest BCUT2D eigenvalue weighted by Crippen LogP contribution is -2.10. The van der Waals surface area contributed by atoms with Crippen LogP contribution in [-0.4, -0.2) is 33.1 Å². The molecule has 7 heteroatoms. The first-order valence-electron chi connectivity index (χ1n) is 5.71. The van der Waals surface area contributed by atoms with Gasteiger partial charge in [0.15, 0.2) is 0 Å². The van der Waals surface area contributed by atoms with Crippen molar-refractivity contribution in [2.75, 3.05) is 0 Å². The summed E-state index contributed by atoms with van der Waals surface area (Å²) in [6, 6.07) is 6.12. The summed E-state index contributed by atoms with van der Waals surface area (Å²) in [7, 11) is 0. The quantitative estimate of drug-likeness (QED) is 0.649. The van der Waals surface area contributed by atoms with Gasteiger partial charge < -0.3 is 14.9 Å². The number of pyridine rings is 1. The van der Waals surface area contributed by atoms with Gasteiger partial charge in [0.2, 0.25) is 0 Å². The van der Waals surface area contributed by atoms with Crippen molar-refractivity contribution in [1.29, 1.82) is 0 Å². The maximum Gasteiger partial charge on any atom is 0.345 e. The van der Waals surface area contributed by atoms with Crippen molar-refractivity contribution < 1.29 is 29.3 Å². The zero-order valence-electron chi connectivity index (χ0n) is 10.5. The van der Waals surface area contributed by atoms with Crippen LogP contribution in [0, 0.1) is 0 Å². The smallest absolute Gasteiger partial charge is 0.345 e. The van der Waals surface area contributed by atoms with Gasteiger partial charge in [-0.3, -0.25) is 4.98 Å². The highest BCUT2D eigenvalue weighted by Gasteiger charge is 2.15. The molecule has 0 spiro atoms. The number of aromatic carboxylic acids is 2. The molecule has 0 bridgehead atoms. The largest absolute Gasteiger partial charge is 0.478 e. The van der Waals surface area contributed by atoms with E-state index in [-0.39, 0.29) is 22.4 Å². The van der Waals surface area contributed by atoms with Crippen molar-refractivity contribution in [3.8, 4) is 5.75 Å². The Bertz CT molecular complexity index is 678. The molecule has 0 radical (unpaired) electrons. The second kappa shape index (κ2) is 5.83. The van der Waals surface area contributed by atoms with E-state index in [2.05, 4.69) is 4.98 Å². The maximum atomic E-state index is 11.8. The van der Waals surface area contributed by atoms with Crippen LogP contribution < -0.4 is 4.74 Å². The molecule has 0 fully saturated rings. The number of ether oxygens (including phenoxy) is 1. The monoisotopic (exact) mass is 287 g/mol. The number of hydrogen-bond donors (Lipinski definition) is 2. The summed E-state index contributed by atoms with van der Waals surface area (Å²) in [5.74, 6) is -3.57. The van der Waals surface area contributed by atoms with E-state index in [4.69, 9.17) is 14.9 Å². The van der Waals surface area contributed by atoms with Gasteiger partial charge in [0.05, 0.1) is 16.7 Å². The molecular weight excluding hydrogens is 278 g/mol. The molecule has 0 saturated carbocycles. The molecule has 1 heterocycles. The van der Waals surface area contributed by atoms with Gasteiger partial charge in [-0.1, -0.05) is 0 Å². The molecule has 0 atom stereocenters. The van der Waals surface area contributed by atoms with Gasteiger partial charge in [0.1, 0.15) is 5.75 Å². The molecule has 2 rings (SSSR count). The minimum Gasteiger partial charge on any atom is -0.478 e. The molecule has 0 aliphatic rings. The van der Waals surface area contributed by atoms with E-state index in [1.165, 1.54) is 24.5 Å². The minimum absolute atomic E-state index is 0.162. The number of nitrogens with zero attached hydrogens (tertiary/aromatic N) is 1. The highest BCUT2D eigenvalue weighted by Crippen LogP contribution is 2.19. The van der Waals surface area contributed by atoms with Crippen molar-refractivity contribution in [3.63, 3.8) is 0 Å². The molecule has 2 N–H and O–H groups in total. The Kier molecular flexibility index (Phi) is 3.94. The minimum atomic E-state index is -1.32. The summed E-state index contributed by atoms with van der Waals surface area (Å²) in [6.45, 7) is 0. The van der Waals surface area contributed by atoms with Gasteiger partial charge in [-0.05, 0) is 30.3 Å². The zero-order chi connectivity index (χ0) is 15.4. The van der Waals surface area contributed by atoms with Gasteiger partial charge in [-0.15, -0.1) is 0 Å². The van der Waals surface area contributed by atoms with E-state index in [1.807, 2.05) is 0 Å². The Morgan fingerprint density at radius 1 is 0.952 bits per heavy atom. The van der Waals surface area contributed by atoms with E-state index in [9.17, 15) is 14.4 Å². The average Bonchev–Trinajstić information content (AvgIpc) is 2.47. The predicted octanol–water partition coefficient (Wildman–Crippen LogP) is 1.70. The third kappa shape index (κ3) is 3.41. The first kappa shape index (κ1) is 14.2. The number of hydrogen-bond acceptors (Lipinski definition) is 5. The lowest BCUT2D eigenvalue weighted by atomic mass is 10.1. The number of rotatable bonds is 4. The standard InChI is InChI=1S/C14H9NO6/c16-12(17)9-4-10(13(18)19)6-11(5-9)21-14(20)8-2-1-3-15-7-8/h1-7H,(H,16,17)(H,18,19). The van der Waals surface area contributed by atoms with Crippen molar-refractivity contribution in [1.82, 2.24) is 4.98 Å². The van der Waals surface area contributed by atoms with Crippen molar-refractivity contribution in [2.24, 2.45) is 0 Å². The molecule has 0 unspecified atom stereocenters. The number of carboxylic acids is 2. The highest BCUT2D eigenvalue weighted by atomic mass is 16.5. The molecule has 0 saturated heterocycles. The topological polar surface area (TPSA) is 114 Å². The normalized spacial score (nSPS) is 9.90. The van der Waals surface area contributed by atoms with Gasteiger partial charge in [-0.2, -0.15) is 0 Å². The summed E-state index contributed by atoms with van der Waals surface area (Å²) in [5.41, 5.74) is -0.414. The molecule has 0 aliphatic carbocycles. The summed E-state index contributed by atoms with van der Waals surface area (Å²) in [4.78, 5) is 37.4. The lowest BCUT2D eigenvalue weighted by Gasteiger charge is -2.06. The van der Waals surface area contributed by atoms with Crippen molar-refractivity contribution in [3.05, 3.63) is 59.4 Å². The molecule has 106 valence electrons. The Balaban J connectivity index is 2.33. The van der Waals surface area contributed by atoms with E-state index < -0.39 is 17.9 Å². The van der Waals surface area contributed by atoms with Gasteiger partial charge in [0, 0.05) is 12.4 Å². The Hall–Kier alpha value is -3.22. The number of carbonyl (C=O) groups is 3. The summed E-state index contributed by atoms with van der Waals surface area (Å²) in [5, 5.41) is 17.8. The number of aromatic nitrogens is 1. The molecule has 2 aromatic rings. The fourth-order valence-corrected chi connectivity index (χ4v) is 1.55. The summed E-state index contributed by atoms with van der Waals surface area (Å²) in [6.07, 6.45) is 2.76. The average molecular weight is 287 g/mol. The first-order valence-corrected chi connectivity index (χ1v) is 5.71. The van der Waals surface area contributed by atoms with Crippen LogP contribution in [0.15, 0.2) is 42.7 Å². The van der Waals surface area contributed by atoms with Crippen molar-refractivity contribution in [2.45, 2.75) is 0 Å². The molecular formula is C14H9NO6. The number of carbonyl (C=O) groups excluding carboxylic acids is 1. The molecule has 21 heavy (non-hydrogen) atoms. The lowest BCUT2D eigenvalue weighted by molar-refractivity contribution is 0.0681. The van der Waals surface area contributed by atoms with E-state index in [0.717, 1.165) is 18.2 Å². The third-order valence-electron chi connectivity index (χ3n) is 2.51. The second-order valence-corrected chi connectivity index (χ2v) is 3.99. The van der Waals surface area contributed by atoms with Crippen LogP contribution in [0.3, 0.4) is 0 Å². The fraction of sp³-hybridized carbons (Fsp3) is 0. The Morgan fingerprint density at radius 2 is 1.57 bits per heavy atom. The molecule has 1 aromatic carbocycles. The van der Waals surface area contributed by atoms with Gasteiger partial charge in [-0.25, -0.2) is 14.4 Å². The van der Waals surface area contributed by atoms with Gasteiger partial charge >= 0.3 is 17.9 Å². The van der Waals surface area contributed by atoms with Crippen LogP contribution >= 0.6 is 0 Å². The van der Waals surface area contributed by atoms with Crippen LogP contribution in [-0.2, 0) is 0 Å². The van der Waals surface area contributed by atoms with E-state index >= 15 is 0 Å². The zero-order valence-corrected chi connectivity index (χ0v) is 10.5. The van der Waals surface area contributed by atoms with Crippen LogP contribution in [0.1, 0.15) is 31.1 Å². The predicted molar refractivity (Wildman–Crippen MR) is 69.6 cm³/mol. The second-order valence-electron chi connectivity index (χ2n) is 3.99. The summed E-state index contributed by atoms with van der Waals surface area (Å²) >= 11 is 0. The van der Waals surface area contributed by atoms with E-state index in [0.29, 0.717) is 0 Å². The number of benzene rings is 1. The SMILES string of the molecule is O=C(O)c1cc(OC(=O)c2cccnc2)cc(C(=O)O)c1. The highest BCUT2D eigenvalue weighted by molar-refractivity contribution is 5.95. The third-order valence-corrected chi connectivity index (χ3v) is 2.51. The van der Waals surface area contributed by atoms with Crippen LogP contribution in [0.4, 0.5) is 0 Å². The molecule has 0 amide bonds. The fourth-order valence-electron chi connectivity index (χ4n) is 1.55. The number of carboxylic acid groups (broad SMARTS) is 2. The maximum absolute atomic E-state index is 11.8. The number of esters is 1. The molecule has 7 nitrogen and oxygen atoms in total. The molecule has 1 aromatic heterocycles. The van der Waals surface area contributed by atoms with Crippen LogP contribution in [0.2, 0.25) is 0 Å². The van der Waals surface area contributed by atoms with Crippen LogP contribution in [0.25, 0.3) is 0 Å². The first-order chi connectivity index (χ1) is 9.97. The van der Waals surface area contributed by atoms with Crippen LogP contribution in [0.5, 0.6) is 5.75 Å². The Morgan fingerprint density at radius 3 is 2.05 bits per heavy atom. The van der Waals surface area contributed by atoms with Gasteiger partial charge in [0.25, 0.3) is 0 Å². The van der Waals surface area contributed by atoms with E-state index in [1.54, 1.807) is 0 Å². The van der Waals surface area contributed by atoms with Crippen molar-refractivity contribution >= 4 is 17.9 Å². The molecule has 0 aliphatic heterocycles. The summed E-state index contributed by atoms with van der Waals surface area (Å²) < 4.78 is 4.98.